The van der Waals surface area contributed by atoms with Crippen LogP contribution in [0.2, 0.25) is 0 Å². The van der Waals surface area contributed by atoms with E-state index in [1.54, 1.807) is 6.29 Å². The summed E-state index contributed by atoms with van der Waals surface area (Å²) in [6.45, 7) is 2.26. The lowest BCUT2D eigenvalue weighted by Gasteiger charge is -2.01. The Balaban J connectivity index is 3.10. The molecule has 1 radical (unpaired) electrons. The zero-order chi connectivity index (χ0) is 14.9. The molecular formula is C18H33O2. The predicted octanol–water partition coefficient (Wildman–Crippen LogP) is 5.10. The molecule has 0 aromatic heterocycles. The van der Waals surface area contributed by atoms with Crippen molar-refractivity contribution in [1.29, 1.82) is 0 Å². The van der Waals surface area contributed by atoms with Gasteiger partial charge in [-0.15, -0.1) is 0 Å². The Hall–Kier alpha value is -0.630. The first-order chi connectivity index (χ1) is 9.81. The average molecular weight is 281 g/mol. The lowest BCUT2D eigenvalue weighted by Crippen LogP contribution is -2.06. The summed E-state index contributed by atoms with van der Waals surface area (Å²) >= 11 is 0. The fourth-order valence-electron chi connectivity index (χ4n) is 2.29. The van der Waals surface area contributed by atoms with Crippen LogP contribution < -0.4 is 0 Å². The van der Waals surface area contributed by atoms with E-state index in [-0.39, 0.29) is 0 Å². The van der Waals surface area contributed by atoms with Crippen LogP contribution in [0.25, 0.3) is 0 Å². The van der Waals surface area contributed by atoms with Crippen molar-refractivity contribution in [2.75, 3.05) is 0 Å². The molecule has 20 heavy (non-hydrogen) atoms. The van der Waals surface area contributed by atoms with Gasteiger partial charge in [0.2, 0.25) is 6.29 Å². The van der Waals surface area contributed by atoms with Crippen molar-refractivity contribution in [1.82, 2.24) is 0 Å². The molecule has 1 atom stereocenters. The summed E-state index contributed by atoms with van der Waals surface area (Å²) in [4.78, 5) is 10.1. The summed E-state index contributed by atoms with van der Waals surface area (Å²) in [6.07, 6.45) is 21.0. The first-order valence-corrected chi connectivity index (χ1v) is 8.52. The Morgan fingerprint density at radius 2 is 1.35 bits per heavy atom. The first kappa shape index (κ1) is 19.4. The molecule has 0 aromatic carbocycles. The summed E-state index contributed by atoms with van der Waals surface area (Å²) < 4.78 is 0. The quantitative estimate of drug-likeness (QED) is 0.335. The second kappa shape index (κ2) is 16.4. The summed E-state index contributed by atoms with van der Waals surface area (Å²) in [7, 11) is 0. The van der Waals surface area contributed by atoms with Crippen LogP contribution >= 0.6 is 0 Å². The first-order valence-electron chi connectivity index (χ1n) is 8.52. The van der Waals surface area contributed by atoms with E-state index >= 15 is 0 Å². The Morgan fingerprint density at radius 1 is 0.850 bits per heavy atom. The molecule has 0 aliphatic rings. The number of carbonyl (C=O) groups excluding carboxylic acids is 1. The highest BCUT2D eigenvalue weighted by atomic mass is 16.3. The highest BCUT2D eigenvalue weighted by Gasteiger charge is 2.00. The van der Waals surface area contributed by atoms with E-state index in [0.29, 0.717) is 6.42 Å². The van der Waals surface area contributed by atoms with Crippen LogP contribution in [0.4, 0.5) is 0 Å². The Labute approximate surface area is 125 Å². The molecule has 0 saturated heterocycles. The average Bonchev–Trinajstić information content (AvgIpc) is 2.47. The van der Waals surface area contributed by atoms with E-state index in [2.05, 4.69) is 19.1 Å². The van der Waals surface area contributed by atoms with Crippen molar-refractivity contribution < 1.29 is 9.90 Å². The third-order valence-electron chi connectivity index (χ3n) is 3.63. The van der Waals surface area contributed by atoms with Gasteiger partial charge in [0, 0.05) is 0 Å². The van der Waals surface area contributed by atoms with Gasteiger partial charge in [-0.1, -0.05) is 70.4 Å². The minimum Gasteiger partial charge on any atom is -0.385 e. The number of rotatable bonds is 15. The van der Waals surface area contributed by atoms with Gasteiger partial charge in [0.05, 0.1) is 0 Å². The van der Waals surface area contributed by atoms with Crippen molar-refractivity contribution in [3.63, 3.8) is 0 Å². The third-order valence-corrected chi connectivity index (χ3v) is 3.63. The van der Waals surface area contributed by atoms with Crippen LogP contribution in [0.1, 0.15) is 90.4 Å². The van der Waals surface area contributed by atoms with Crippen LogP contribution in [0, 0.1) is 0 Å². The van der Waals surface area contributed by atoms with Gasteiger partial charge in [0.1, 0.15) is 6.10 Å². The van der Waals surface area contributed by atoms with Gasteiger partial charge < -0.3 is 5.11 Å². The molecule has 0 aliphatic heterocycles. The maximum atomic E-state index is 10.1. The van der Waals surface area contributed by atoms with E-state index < -0.39 is 6.10 Å². The summed E-state index contributed by atoms with van der Waals surface area (Å²) in [5.41, 5.74) is 0. The van der Waals surface area contributed by atoms with E-state index in [4.69, 9.17) is 5.11 Å². The van der Waals surface area contributed by atoms with Gasteiger partial charge in [-0.25, -0.2) is 0 Å². The molecule has 0 fully saturated rings. The predicted molar refractivity (Wildman–Crippen MR) is 86.5 cm³/mol. The fourth-order valence-corrected chi connectivity index (χ4v) is 2.29. The number of aliphatic hydroxyl groups is 1. The molecule has 2 heteroatoms. The fraction of sp³-hybridized carbons (Fsp3) is 0.833. The Bertz CT molecular complexity index is 223. The molecule has 0 aliphatic carbocycles. The van der Waals surface area contributed by atoms with Gasteiger partial charge in [0.15, 0.2) is 0 Å². The third kappa shape index (κ3) is 15.4. The molecule has 0 bridgehead atoms. The number of unbranched alkanes of at least 4 members (excludes halogenated alkanes) is 10. The van der Waals surface area contributed by atoms with Crippen molar-refractivity contribution in [3.05, 3.63) is 12.2 Å². The van der Waals surface area contributed by atoms with Crippen molar-refractivity contribution in [2.45, 2.75) is 96.5 Å². The van der Waals surface area contributed by atoms with Crippen molar-refractivity contribution in [2.24, 2.45) is 0 Å². The molecular weight excluding hydrogens is 248 g/mol. The number of aliphatic hydroxyl groups excluding tert-OH is 1. The van der Waals surface area contributed by atoms with Gasteiger partial charge in [-0.3, -0.25) is 4.79 Å². The van der Waals surface area contributed by atoms with E-state index in [1.165, 1.54) is 57.8 Å². The van der Waals surface area contributed by atoms with Crippen molar-refractivity contribution >= 4 is 6.29 Å². The minimum absolute atomic E-state index is 0.567. The van der Waals surface area contributed by atoms with E-state index in [9.17, 15) is 4.79 Å². The summed E-state index contributed by atoms with van der Waals surface area (Å²) in [5, 5.41) is 9.01. The molecule has 0 saturated carbocycles. The number of allylic oxidation sites excluding steroid dienone is 2. The maximum Gasteiger partial charge on any atom is 0.229 e. The molecule has 0 spiro atoms. The molecule has 0 aromatic rings. The maximum absolute atomic E-state index is 10.1. The van der Waals surface area contributed by atoms with Crippen molar-refractivity contribution in [3.8, 4) is 0 Å². The zero-order valence-corrected chi connectivity index (χ0v) is 13.3. The molecule has 0 rings (SSSR count). The summed E-state index contributed by atoms with van der Waals surface area (Å²) in [6, 6.07) is 0. The second-order valence-corrected chi connectivity index (χ2v) is 5.65. The molecule has 1 N–H and O–H groups in total. The normalized spacial score (nSPS) is 12.9. The van der Waals surface area contributed by atoms with Gasteiger partial charge in [0.25, 0.3) is 0 Å². The van der Waals surface area contributed by atoms with Gasteiger partial charge >= 0.3 is 0 Å². The van der Waals surface area contributed by atoms with Crippen LogP contribution in [0.5, 0.6) is 0 Å². The minimum atomic E-state index is -0.868. The zero-order valence-electron chi connectivity index (χ0n) is 13.3. The van der Waals surface area contributed by atoms with Crippen LogP contribution in [0.3, 0.4) is 0 Å². The second-order valence-electron chi connectivity index (χ2n) is 5.65. The number of hydrogen-bond acceptors (Lipinski definition) is 2. The Morgan fingerprint density at radius 3 is 1.90 bits per heavy atom. The Kier molecular flexibility index (Phi) is 15.9. The molecule has 2 nitrogen and oxygen atoms in total. The van der Waals surface area contributed by atoms with Crippen LogP contribution in [-0.2, 0) is 4.79 Å². The highest BCUT2D eigenvalue weighted by molar-refractivity contribution is 5.56. The van der Waals surface area contributed by atoms with Crippen LogP contribution in [0.15, 0.2) is 12.2 Å². The molecule has 0 amide bonds. The smallest absolute Gasteiger partial charge is 0.229 e. The van der Waals surface area contributed by atoms with Gasteiger partial charge in [-0.05, 0) is 32.1 Å². The largest absolute Gasteiger partial charge is 0.385 e. The van der Waals surface area contributed by atoms with Crippen LogP contribution in [-0.4, -0.2) is 17.5 Å². The molecule has 117 valence electrons. The standard InChI is InChI=1S/C18H33O2/c1-2-3-4-5-6-7-8-9-10-11-12-13-14-15-16-18(20)17-19/h9-10,18,20H,2-8,11-16H2,1H3/b10-9+. The SMILES string of the molecule is CCCCCCCC/C=C/CCCCCCC(O)[C]=O. The number of hydrogen-bond donors (Lipinski definition) is 1. The van der Waals surface area contributed by atoms with E-state index in [0.717, 1.165) is 19.3 Å². The topological polar surface area (TPSA) is 37.3 Å². The lowest BCUT2D eigenvalue weighted by atomic mass is 10.1. The van der Waals surface area contributed by atoms with E-state index in [1.807, 2.05) is 0 Å². The van der Waals surface area contributed by atoms with Gasteiger partial charge in [-0.2, -0.15) is 0 Å². The monoisotopic (exact) mass is 281 g/mol. The summed E-state index contributed by atoms with van der Waals surface area (Å²) in [5.74, 6) is 0. The lowest BCUT2D eigenvalue weighted by molar-refractivity contribution is 0.219. The highest BCUT2D eigenvalue weighted by Crippen LogP contribution is 2.09. The molecule has 1 unspecified atom stereocenters. The molecule has 0 heterocycles.